The molecule has 0 amide bonds. The first-order valence-electron chi connectivity index (χ1n) is 6.90. The number of aromatic nitrogens is 2. The smallest absolute Gasteiger partial charge is 0.231 e. The molecular weight excluding hydrogens is 238 g/mol. The van der Waals surface area contributed by atoms with E-state index in [1.165, 1.54) is 17.5 Å². The Hall–Kier alpha value is -1.68. The van der Waals surface area contributed by atoms with Crippen molar-refractivity contribution < 1.29 is 4.52 Å². The summed E-state index contributed by atoms with van der Waals surface area (Å²) in [5.41, 5.74) is 2.53. The molecule has 1 N–H and O–H groups in total. The highest BCUT2D eigenvalue weighted by Crippen LogP contribution is 2.22. The third-order valence-corrected chi connectivity index (χ3v) is 3.74. The van der Waals surface area contributed by atoms with E-state index in [2.05, 4.69) is 34.5 Å². The maximum absolute atomic E-state index is 5.42. The summed E-state index contributed by atoms with van der Waals surface area (Å²) >= 11 is 0. The van der Waals surface area contributed by atoms with Gasteiger partial charge in [0.1, 0.15) is 0 Å². The molecule has 0 saturated carbocycles. The van der Waals surface area contributed by atoms with Crippen LogP contribution in [0.2, 0.25) is 0 Å². The predicted octanol–water partition coefficient (Wildman–Crippen LogP) is 2.44. The number of benzene rings is 1. The van der Waals surface area contributed by atoms with Crippen molar-refractivity contribution in [3.63, 3.8) is 0 Å². The molecule has 1 saturated heterocycles. The molecule has 1 aliphatic rings. The first kappa shape index (κ1) is 12.4. The van der Waals surface area contributed by atoms with Crippen molar-refractivity contribution in [1.82, 2.24) is 15.5 Å². The van der Waals surface area contributed by atoms with E-state index in [4.69, 9.17) is 4.52 Å². The van der Waals surface area contributed by atoms with Crippen LogP contribution in [0, 0.1) is 6.92 Å². The van der Waals surface area contributed by atoms with Crippen LogP contribution in [0.5, 0.6) is 0 Å². The second-order valence-corrected chi connectivity index (χ2v) is 5.20. The Balaban J connectivity index is 1.73. The van der Waals surface area contributed by atoms with Gasteiger partial charge in [-0.3, -0.25) is 0 Å². The second-order valence-electron chi connectivity index (χ2n) is 5.20. The molecule has 0 radical (unpaired) electrons. The molecule has 3 rings (SSSR count). The zero-order valence-corrected chi connectivity index (χ0v) is 11.2. The number of rotatable bonds is 3. The lowest BCUT2D eigenvalue weighted by Gasteiger charge is -2.18. The van der Waals surface area contributed by atoms with Crippen LogP contribution in [0.4, 0.5) is 0 Å². The van der Waals surface area contributed by atoms with E-state index in [1.807, 2.05) is 12.1 Å². The molecule has 1 atom stereocenters. The Morgan fingerprint density at radius 2 is 2.26 bits per heavy atom. The van der Waals surface area contributed by atoms with E-state index in [-0.39, 0.29) is 0 Å². The Morgan fingerprint density at radius 3 is 3.05 bits per heavy atom. The summed E-state index contributed by atoms with van der Waals surface area (Å²) in [6.45, 7) is 4.16. The minimum absolute atomic E-state index is 0.381. The van der Waals surface area contributed by atoms with Crippen molar-refractivity contribution in [2.45, 2.75) is 32.1 Å². The minimum Gasteiger partial charge on any atom is -0.339 e. The number of hydrogen-bond donors (Lipinski definition) is 1. The van der Waals surface area contributed by atoms with Crippen molar-refractivity contribution >= 4 is 0 Å². The van der Waals surface area contributed by atoms with E-state index in [1.54, 1.807) is 0 Å². The van der Waals surface area contributed by atoms with Gasteiger partial charge in [-0.15, -0.1) is 0 Å². The minimum atomic E-state index is 0.381. The Kier molecular flexibility index (Phi) is 3.60. The summed E-state index contributed by atoms with van der Waals surface area (Å²) in [7, 11) is 0. The maximum atomic E-state index is 5.42. The van der Waals surface area contributed by atoms with Gasteiger partial charge in [0.15, 0.2) is 5.82 Å². The van der Waals surface area contributed by atoms with E-state index >= 15 is 0 Å². The third kappa shape index (κ3) is 2.84. The van der Waals surface area contributed by atoms with E-state index in [0.29, 0.717) is 5.92 Å². The highest BCUT2D eigenvalue weighted by molar-refractivity contribution is 5.28. The van der Waals surface area contributed by atoms with Crippen LogP contribution in [0.15, 0.2) is 28.8 Å². The normalized spacial score (nSPS) is 19.5. The Morgan fingerprint density at radius 1 is 1.37 bits per heavy atom. The predicted molar refractivity (Wildman–Crippen MR) is 73.1 cm³/mol. The molecule has 0 spiro atoms. The summed E-state index contributed by atoms with van der Waals surface area (Å²) in [6.07, 6.45) is 3.06. The SMILES string of the molecule is Cc1ccccc1Cc1noc([C@H]2CCCNC2)n1. The molecule has 2 heterocycles. The number of hydrogen-bond acceptors (Lipinski definition) is 4. The van der Waals surface area contributed by atoms with Gasteiger partial charge in [0.25, 0.3) is 0 Å². The molecule has 4 nitrogen and oxygen atoms in total. The number of piperidine rings is 1. The molecule has 2 aromatic rings. The van der Waals surface area contributed by atoms with Gasteiger partial charge in [0, 0.05) is 13.0 Å². The van der Waals surface area contributed by atoms with E-state index in [9.17, 15) is 0 Å². The van der Waals surface area contributed by atoms with Gasteiger partial charge in [0.2, 0.25) is 5.89 Å². The van der Waals surface area contributed by atoms with Crippen molar-refractivity contribution in [3.8, 4) is 0 Å². The Bertz CT molecular complexity index is 544. The highest BCUT2D eigenvalue weighted by atomic mass is 16.5. The average molecular weight is 257 g/mol. The van der Waals surface area contributed by atoms with Crippen LogP contribution in [-0.4, -0.2) is 23.2 Å². The van der Waals surface area contributed by atoms with E-state index in [0.717, 1.165) is 37.6 Å². The quantitative estimate of drug-likeness (QED) is 0.917. The molecule has 0 bridgehead atoms. The maximum Gasteiger partial charge on any atom is 0.231 e. The molecule has 1 fully saturated rings. The van der Waals surface area contributed by atoms with Gasteiger partial charge in [-0.1, -0.05) is 29.4 Å². The van der Waals surface area contributed by atoms with Gasteiger partial charge < -0.3 is 9.84 Å². The number of nitrogens with zero attached hydrogens (tertiary/aromatic N) is 2. The topological polar surface area (TPSA) is 51.0 Å². The van der Waals surface area contributed by atoms with Crippen molar-refractivity contribution in [1.29, 1.82) is 0 Å². The third-order valence-electron chi connectivity index (χ3n) is 3.74. The summed E-state index contributed by atoms with van der Waals surface area (Å²) in [6, 6.07) is 8.33. The molecule has 1 aromatic heterocycles. The summed E-state index contributed by atoms with van der Waals surface area (Å²) in [5, 5.41) is 7.49. The van der Waals surface area contributed by atoms with Crippen LogP contribution in [0.3, 0.4) is 0 Å². The van der Waals surface area contributed by atoms with Crippen LogP contribution in [0.25, 0.3) is 0 Å². The zero-order chi connectivity index (χ0) is 13.1. The molecule has 1 aromatic carbocycles. The molecular formula is C15H19N3O. The largest absolute Gasteiger partial charge is 0.339 e. The molecule has 4 heteroatoms. The summed E-state index contributed by atoms with van der Waals surface area (Å²) < 4.78 is 5.42. The molecule has 1 aliphatic heterocycles. The lowest BCUT2D eigenvalue weighted by molar-refractivity contribution is 0.320. The van der Waals surface area contributed by atoms with Gasteiger partial charge in [0.05, 0.1) is 5.92 Å². The number of nitrogens with one attached hydrogen (secondary N) is 1. The van der Waals surface area contributed by atoms with Crippen molar-refractivity contribution in [2.24, 2.45) is 0 Å². The first-order valence-corrected chi connectivity index (χ1v) is 6.90. The lowest BCUT2D eigenvalue weighted by atomic mass is 10.00. The standard InChI is InChI=1S/C15H19N3O/c1-11-5-2-3-6-12(11)9-14-17-15(19-18-14)13-7-4-8-16-10-13/h2-3,5-6,13,16H,4,7-10H2,1H3/t13-/m0/s1. The lowest BCUT2D eigenvalue weighted by Crippen LogP contribution is -2.28. The summed E-state index contributed by atoms with van der Waals surface area (Å²) in [4.78, 5) is 4.55. The van der Waals surface area contributed by atoms with Crippen LogP contribution in [0.1, 0.15) is 41.6 Å². The zero-order valence-electron chi connectivity index (χ0n) is 11.2. The van der Waals surface area contributed by atoms with Gasteiger partial charge >= 0.3 is 0 Å². The highest BCUT2D eigenvalue weighted by Gasteiger charge is 2.21. The van der Waals surface area contributed by atoms with Crippen molar-refractivity contribution in [3.05, 3.63) is 47.1 Å². The van der Waals surface area contributed by atoms with Gasteiger partial charge in [-0.2, -0.15) is 4.98 Å². The fourth-order valence-electron chi connectivity index (χ4n) is 2.55. The monoisotopic (exact) mass is 257 g/mol. The van der Waals surface area contributed by atoms with Crippen LogP contribution >= 0.6 is 0 Å². The first-order chi connectivity index (χ1) is 9.33. The Labute approximate surface area is 113 Å². The fourth-order valence-corrected chi connectivity index (χ4v) is 2.55. The average Bonchev–Trinajstić information content (AvgIpc) is 2.91. The fraction of sp³-hybridized carbons (Fsp3) is 0.467. The van der Waals surface area contributed by atoms with Crippen LogP contribution < -0.4 is 5.32 Å². The summed E-state index contributed by atoms with van der Waals surface area (Å²) in [5.74, 6) is 1.96. The molecule has 0 unspecified atom stereocenters. The molecule has 0 aliphatic carbocycles. The second kappa shape index (κ2) is 5.53. The van der Waals surface area contributed by atoms with Gasteiger partial charge in [-0.05, 0) is 37.4 Å². The molecule has 100 valence electrons. The molecule has 19 heavy (non-hydrogen) atoms. The van der Waals surface area contributed by atoms with Gasteiger partial charge in [-0.25, -0.2) is 0 Å². The van der Waals surface area contributed by atoms with Crippen molar-refractivity contribution in [2.75, 3.05) is 13.1 Å². The van der Waals surface area contributed by atoms with Crippen LogP contribution in [-0.2, 0) is 6.42 Å². The number of aryl methyl sites for hydroxylation is 1. The van der Waals surface area contributed by atoms with E-state index < -0.39 is 0 Å².